The number of anilines is 1. The summed E-state index contributed by atoms with van der Waals surface area (Å²) in [6.07, 6.45) is 2.92. The predicted octanol–water partition coefficient (Wildman–Crippen LogP) is 6.47. The second kappa shape index (κ2) is 15.8. The van der Waals surface area contributed by atoms with Crippen molar-refractivity contribution in [1.82, 2.24) is 10.2 Å². The van der Waals surface area contributed by atoms with E-state index in [-0.39, 0.29) is 29.8 Å². The molecule has 0 aliphatic heterocycles. The molecule has 0 fully saturated rings. The van der Waals surface area contributed by atoms with Gasteiger partial charge in [-0.1, -0.05) is 85.3 Å². The molecule has 0 heterocycles. The number of benzene rings is 4. The van der Waals surface area contributed by atoms with Gasteiger partial charge in [-0.2, -0.15) is 0 Å². The highest BCUT2D eigenvalue weighted by Crippen LogP contribution is 2.27. The number of hydrogen-bond donors (Lipinski definition) is 1. The van der Waals surface area contributed by atoms with Crippen molar-refractivity contribution in [2.75, 3.05) is 17.1 Å². The SMILES string of the molecule is CC[C@H](C)NC(=O)[C@@H](Cc1ccccc1)N(Cc1ccccc1)C(=O)CN(c1ccc(C)cc1)S(=O)(=O)c1ccc(SC)cc1. The Morgan fingerprint density at radius 3 is 1.96 bits per heavy atom. The highest BCUT2D eigenvalue weighted by atomic mass is 32.2. The minimum atomic E-state index is -4.15. The maximum atomic E-state index is 14.5. The summed E-state index contributed by atoms with van der Waals surface area (Å²) < 4.78 is 29.5. The van der Waals surface area contributed by atoms with Crippen LogP contribution in [0, 0.1) is 6.92 Å². The molecule has 45 heavy (non-hydrogen) atoms. The van der Waals surface area contributed by atoms with Gasteiger partial charge in [0.25, 0.3) is 10.0 Å². The molecular formula is C36H41N3O4S2. The minimum Gasteiger partial charge on any atom is -0.352 e. The van der Waals surface area contributed by atoms with E-state index in [4.69, 9.17) is 0 Å². The first-order valence-corrected chi connectivity index (χ1v) is 17.7. The zero-order valence-electron chi connectivity index (χ0n) is 26.2. The largest absolute Gasteiger partial charge is 0.352 e. The molecule has 0 saturated heterocycles. The summed E-state index contributed by atoms with van der Waals surface area (Å²) in [5.41, 5.74) is 3.05. The lowest BCUT2D eigenvalue weighted by atomic mass is 10.0. The molecule has 1 N–H and O–H groups in total. The van der Waals surface area contributed by atoms with Crippen LogP contribution in [0.25, 0.3) is 0 Å². The highest BCUT2D eigenvalue weighted by molar-refractivity contribution is 7.98. The van der Waals surface area contributed by atoms with Crippen LogP contribution in [0.3, 0.4) is 0 Å². The van der Waals surface area contributed by atoms with Crippen molar-refractivity contribution in [2.45, 2.75) is 62.0 Å². The quantitative estimate of drug-likeness (QED) is 0.159. The Kier molecular flexibility index (Phi) is 11.8. The fourth-order valence-corrected chi connectivity index (χ4v) is 6.71. The van der Waals surface area contributed by atoms with E-state index in [9.17, 15) is 18.0 Å². The Hall–Kier alpha value is -4.08. The van der Waals surface area contributed by atoms with Gasteiger partial charge in [0, 0.05) is 23.9 Å². The number of carbonyl (C=O) groups excluding carboxylic acids is 2. The van der Waals surface area contributed by atoms with Crippen molar-refractivity contribution in [3.63, 3.8) is 0 Å². The van der Waals surface area contributed by atoms with Gasteiger partial charge in [-0.25, -0.2) is 8.42 Å². The summed E-state index contributed by atoms with van der Waals surface area (Å²) in [5, 5.41) is 3.06. The summed E-state index contributed by atoms with van der Waals surface area (Å²) in [4.78, 5) is 30.9. The molecule has 4 aromatic rings. The first kappa shape index (κ1) is 33.8. The fourth-order valence-electron chi connectivity index (χ4n) is 4.89. The van der Waals surface area contributed by atoms with Crippen molar-refractivity contribution in [2.24, 2.45) is 0 Å². The summed E-state index contributed by atoms with van der Waals surface area (Å²) in [5.74, 6) is -0.765. The fraction of sp³-hybridized carbons (Fsp3) is 0.278. The van der Waals surface area contributed by atoms with Crippen LogP contribution in [0.15, 0.2) is 119 Å². The number of sulfonamides is 1. The van der Waals surface area contributed by atoms with E-state index >= 15 is 0 Å². The standard InChI is InChI=1S/C36H41N3O4S2/c1-5-28(3)37-36(41)34(24-29-12-8-6-9-13-29)38(25-30-14-10-7-11-15-30)35(40)26-39(31-18-16-27(2)17-19-31)45(42,43)33-22-20-32(44-4)21-23-33/h6-23,28,34H,5,24-26H2,1-4H3,(H,37,41)/t28-,34+/m0/s1. The monoisotopic (exact) mass is 643 g/mol. The number of carbonyl (C=O) groups is 2. The normalized spacial score (nSPS) is 12.6. The van der Waals surface area contributed by atoms with Crippen molar-refractivity contribution in [3.05, 3.63) is 126 Å². The number of nitrogens with one attached hydrogen (secondary N) is 1. The zero-order valence-corrected chi connectivity index (χ0v) is 27.9. The first-order chi connectivity index (χ1) is 21.6. The Balaban J connectivity index is 1.79. The topological polar surface area (TPSA) is 86.8 Å². The smallest absolute Gasteiger partial charge is 0.264 e. The van der Waals surface area contributed by atoms with Crippen LogP contribution in [0.4, 0.5) is 5.69 Å². The van der Waals surface area contributed by atoms with Gasteiger partial charge in [0.2, 0.25) is 11.8 Å². The van der Waals surface area contributed by atoms with E-state index < -0.39 is 28.5 Å². The Labute approximate surface area is 271 Å². The lowest BCUT2D eigenvalue weighted by Crippen LogP contribution is -2.54. The van der Waals surface area contributed by atoms with Crippen molar-refractivity contribution >= 4 is 39.3 Å². The van der Waals surface area contributed by atoms with Gasteiger partial charge >= 0.3 is 0 Å². The van der Waals surface area contributed by atoms with Gasteiger partial charge in [-0.05, 0) is 74.0 Å². The van der Waals surface area contributed by atoms with Gasteiger partial charge < -0.3 is 10.2 Å². The molecule has 0 aliphatic carbocycles. The average Bonchev–Trinajstić information content (AvgIpc) is 3.06. The second-order valence-electron chi connectivity index (χ2n) is 11.1. The van der Waals surface area contributed by atoms with Crippen LogP contribution in [0.2, 0.25) is 0 Å². The van der Waals surface area contributed by atoms with Gasteiger partial charge in [0.1, 0.15) is 12.6 Å². The van der Waals surface area contributed by atoms with Crippen molar-refractivity contribution in [3.8, 4) is 0 Å². The molecule has 236 valence electrons. The number of amides is 2. The van der Waals surface area contributed by atoms with E-state index in [1.807, 2.05) is 99.8 Å². The lowest BCUT2D eigenvalue weighted by molar-refractivity contribution is -0.140. The number of aryl methyl sites for hydroxylation is 1. The Morgan fingerprint density at radius 2 is 1.40 bits per heavy atom. The molecule has 7 nitrogen and oxygen atoms in total. The van der Waals surface area contributed by atoms with Crippen molar-refractivity contribution in [1.29, 1.82) is 0 Å². The van der Waals surface area contributed by atoms with Crippen LogP contribution in [-0.4, -0.2) is 50.0 Å². The lowest BCUT2D eigenvalue weighted by Gasteiger charge is -2.34. The highest BCUT2D eigenvalue weighted by Gasteiger charge is 2.35. The van der Waals surface area contributed by atoms with E-state index in [0.29, 0.717) is 5.69 Å². The molecule has 0 bridgehead atoms. The molecule has 0 unspecified atom stereocenters. The maximum absolute atomic E-state index is 14.5. The summed E-state index contributed by atoms with van der Waals surface area (Å²) in [6.45, 7) is 5.48. The van der Waals surface area contributed by atoms with Crippen LogP contribution in [0.5, 0.6) is 0 Å². The van der Waals surface area contributed by atoms with Crippen LogP contribution in [0.1, 0.15) is 37.0 Å². The number of hydrogen-bond acceptors (Lipinski definition) is 5. The first-order valence-electron chi connectivity index (χ1n) is 15.0. The summed E-state index contributed by atoms with van der Waals surface area (Å²) in [6, 6.07) is 31.7. The van der Waals surface area contributed by atoms with Gasteiger partial charge in [0.15, 0.2) is 0 Å². The van der Waals surface area contributed by atoms with Crippen LogP contribution in [-0.2, 0) is 32.6 Å². The van der Waals surface area contributed by atoms with Crippen LogP contribution >= 0.6 is 11.8 Å². The maximum Gasteiger partial charge on any atom is 0.264 e. The summed E-state index contributed by atoms with van der Waals surface area (Å²) in [7, 11) is -4.15. The summed E-state index contributed by atoms with van der Waals surface area (Å²) >= 11 is 1.51. The van der Waals surface area contributed by atoms with E-state index in [2.05, 4.69) is 5.32 Å². The minimum absolute atomic E-state index is 0.0821. The number of rotatable bonds is 14. The molecule has 0 saturated carbocycles. The number of nitrogens with zero attached hydrogens (tertiary/aromatic N) is 2. The number of thioether (sulfide) groups is 1. The third kappa shape index (κ3) is 8.99. The third-order valence-corrected chi connectivity index (χ3v) is 10.2. The molecule has 4 rings (SSSR count). The Morgan fingerprint density at radius 1 is 0.822 bits per heavy atom. The third-order valence-electron chi connectivity index (χ3n) is 7.72. The average molecular weight is 644 g/mol. The molecule has 0 aromatic heterocycles. The zero-order chi connectivity index (χ0) is 32.4. The molecule has 0 radical (unpaired) electrons. The van der Waals surface area contributed by atoms with E-state index in [1.54, 1.807) is 36.4 Å². The van der Waals surface area contributed by atoms with Gasteiger partial charge in [-0.15, -0.1) is 11.8 Å². The van der Waals surface area contributed by atoms with Gasteiger partial charge in [-0.3, -0.25) is 13.9 Å². The molecule has 0 spiro atoms. The van der Waals surface area contributed by atoms with E-state index in [1.165, 1.54) is 16.7 Å². The molecule has 2 atom stereocenters. The van der Waals surface area contributed by atoms with E-state index in [0.717, 1.165) is 32.3 Å². The van der Waals surface area contributed by atoms with Crippen LogP contribution < -0.4 is 9.62 Å². The van der Waals surface area contributed by atoms with Crippen molar-refractivity contribution < 1.29 is 18.0 Å². The predicted molar refractivity (Wildman–Crippen MR) is 183 cm³/mol. The molecule has 9 heteroatoms. The second-order valence-corrected chi connectivity index (χ2v) is 13.8. The van der Waals surface area contributed by atoms with Gasteiger partial charge in [0.05, 0.1) is 10.6 Å². The molecular weight excluding hydrogens is 603 g/mol. The Bertz CT molecular complexity index is 1650. The molecule has 4 aromatic carbocycles. The molecule has 2 amide bonds. The molecule has 0 aliphatic rings.